The Balaban J connectivity index is 1.69. The van der Waals surface area contributed by atoms with Crippen molar-refractivity contribution in [3.05, 3.63) is 30.3 Å². The first kappa shape index (κ1) is 15.3. The van der Waals surface area contributed by atoms with Gasteiger partial charge in [0.15, 0.2) is 0 Å². The van der Waals surface area contributed by atoms with E-state index >= 15 is 0 Å². The molecule has 1 atom stereocenters. The highest BCUT2D eigenvalue weighted by atomic mass is 16.2. The third kappa shape index (κ3) is 2.74. The molecule has 122 valence electrons. The fourth-order valence-corrected chi connectivity index (χ4v) is 3.00. The van der Waals surface area contributed by atoms with Crippen molar-refractivity contribution >= 4 is 23.7 Å². The summed E-state index contributed by atoms with van der Waals surface area (Å²) in [5.41, 5.74) is 0.706. The molecule has 7 nitrogen and oxygen atoms in total. The molecule has 0 unspecified atom stereocenters. The smallest absolute Gasteiger partial charge is 0.320 e. The van der Waals surface area contributed by atoms with Gasteiger partial charge in [0.2, 0.25) is 0 Å². The first-order valence-electron chi connectivity index (χ1n) is 7.73. The average molecular weight is 316 g/mol. The molecule has 0 aliphatic carbocycles. The van der Waals surface area contributed by atoms with E-state index in [4.69, 9.17) is 0 Å². The molecule has 23 heavy (non-hydrogen) atoms. The number of hydrogen-bond acceptors (Lipinski definition) is 3. The Hall–Kier alpha value is -2.57. The first-order valence-corrected chi connectivity index (χ1v) is 7.73. The number of hydrogen-bond donors (Lipinski definition) is 1. The van der Waals surface area contributed by atoms with Gasteiger partial charge in [-0.2, -0.15) is 0 Å². The van der Waals surface area contributed by atoms with Crippen LogP contribution in [0.5, 0.6) is 0 Å². The standard InChI is InChI=1S/C16H20N4O3/c1-11(2)20-14(21)13-10-18(8-9-19(13)16(20)23)15(22)17-12-6-4-3-5-7-12/h3-7,11,13H,8-10H2,1-2H3,(H,17,22)/t13-/m1/s1. The predicted molar refractivity (Wildman–Crippen MR) is 84.9 cm³/mol. The third-order valence-corrected chi connectivity index (χ3v) is 4.18. The van der Waals surface area contributed by atoms with Gasteiger partial charge in [-0.25, -0.2) is 9.59 Å². The second-order valence-corrected chi connectivity index (χ2v) is 6.04. The Kier molecular flexibility index (Phi) is 3.94. The molecule has 5 amide bonds. The number of amides is 5. The number of nitrogens with zero attached hydrogens (tertiary/aromatic N) is 3. The van der Waals surface area contributed by atoms with Gasteiger partial charge in [-0.15, -0.1) is 0 Å². The van der Waals surface area contributed by atoms with E-state index in [-0.39, 0.29) is 30.6 Å². The Morgan fingerprint density at radius 3 is 2.52 bits per heavy atom. The number of benzene rings is 1. The van der Waals surface area contributed by atoms with Gasteiger partial charge in [0.1, 0.15) is 6.04 Å². The summed E-state index contributed by atoms with van der Waals surface area (Å²) in [5.74, 6) is -0.220. The van der Waals surface area contributed by atoms with Crippen molar-refractivity contribution in [3.8, 4) is 0 Å². The van der Waals surface area contributed by atoms with Crippen LogP contribution < -0.4 is 5.32 Å². The van der Waals surface area contributed by atoms with E-state index < -0.39 is 6.04 Å². The third-order valence-electron chi connectivity index (χ3n) is 4.18. The summed E-state index contributed by atoms with van der Waals surface area (Å²) in [4.78, 5) is 41.5. The topological polar surface area (TPSA) is 73.0 Å². The molecule has 0 radical (unpaired) electrons. The van der Waals surface area contributed by atoms with E-state index in [0.29, 0.717) is 18.8 Å². The fourth-order valence-electron chi connectivity index (χ4n) is 3.00. The van der Waals surface area contributed by atoms with E-state index in [1.54, 1.807) is 21.9 Å². The van der Waals surface area contributed by atoms with Gasteiger partial charge in [0.25, 0.3) is 5.91 Å². The molecule has 2 aliphatic heterocycles. The first-order chi connectivity index (χ1) is 11.0. The number of fused-ring (bicyclic) bond motifs is 1. The maximum Gasteiger partial charge on any atom is 0.327 e. The number of urea groups is 2. The van der Waals surface area contributed by atoms with E-state index in [1.807, 2.05) is 32.0 Å². The molecule has 0 bridgehead atoms. The maximum absolute atomic E-state index is 12.4. The minimum absolute atomic E-state index is 0.174. The predicted octanol–water partition coefficient (Wildman–Crippen LogP) is 1.58. The van der Waals surface area contributed by atoms with Crippen molar-refractivity contribution in [1.29, 1.82) is 0 Å². The van der Waals surface area contributed by atoms with Crippen LogP contribution in [0.15, 0.2) is 30.3 Å². The van der Waals surface area contributed by atoms with Crippen molar-refractivity contribution in [2.45, 2.75) is 25.9 Å². The fraction of sp³-hybridized carbons (Fsp3) is 0.438. The highest BCUT2D eigenvalue weighted by Crippen LogP contribution is 2.24. The molecule has 1 N–H and O–H groups in total. The lowest BCUT2D eigenvalue weighted by atomic mass is 10.2. The number of nitrogens with one attached hydrogen (secondary N) is 1. The van der Waals surface area contributed by atoms with Crippen LogP contribution in [0.25, 0.3) is 0 Å². The molecular weight excluding hydrogens is 296 g/mol. The molecule has 1 aromatic rings. The lowest BCUT2D eigenvalue weighted by molar-refractivity contribution is -0.130. The van der Waals surface area contributed by atoms with Gasteiger partial charge < -0.3 is 15.1 Å². The van der Waals surface area contributed by atoms with Crippen LogP contribution in [0.1, 0.15) is 13.8 Å². The molecule has 0 aromatic heterocycles. The SMILES string of the molecule is CC(C)N1C(=O)[C@H]2CN(C(=O)Nc3ccccc3)CCN2C1=O. The van der Waals surface area contributed by atoms with Gasteiger partial charge in [0.05, 0.1) is 6.54 Å². The largest absolute Gasteiger partial charge is 0.327 e. The number of imide groups is 1. The van der Waals surface area contributed by atoms with Crippen molar-refractivity contribution in [2.24, 2.45) is 0 Å². The Morgan fingerprint density at radius 1 is 1.17 bits per heavy atom. The van der Waals surface area contributed by atoms with Crippen LogP contribution >= 0.6 is 0 Å². The zero-order valence-corrected chi connectivity index (χ0v) is 13.2. The summed E-state index contributed by atoms with van der Waals surface area (Å²) in [6.07, 6.45) is 0. The van der Waals surface area contributed by atoms with Crippen LogP contribution in [0.2, 0.25) is 0 Å². The lowest BCUT2D eigenvalue weighted by Gasteiger charge is -2.35. The van der Waals surface area contributed by atoms with Gasteiger partial charge in [-0.1, -0.05) is 18.2 Å². The number of carbonyl (C=O) groups excluding carboxylic acids is 3. The molecule has 3 rings (SSSR count). The number of carbonyl (C=O) groups is 3. The molecule has 2 aliphatic rings. The van der Waals surface area contributed by atoms with Crippen LogP contribution in [0.3, 0.4) is 0 Å². The zero-order chi connectivity index (χ0) is 16.6. The molecule has 0 saturated carbocycles. The molecular formula is C16H20N4O3. The van der Waals surface area contributed by atoms with E-state index in [9.17, 15) is 14.4 Å². The molecule has 0 spiro atoms. The van der Waals surface area contributed by atoms with Gasteiger partial charge >= 0.3 is 12.1 Å². The van der Waals surface area contributed by atoms with Crippen molar-refractivity contribution in [2.75, 3.05) is 25.0 Å². The highest BCUT2D eigenvalue weighted by Gasteiger charge is 2.49. The van der Waals surface area contributed by atoms with Gasteiger partial charge in [-0.05, 0) is 26.0 Å². The second-order valence-electron chi connectivity index (χ2n) is 6.04. The molecule has 2 saturated heterocycles. The van der Waals surface area contributed by atoms with Gasteiger partial charge in [0, 0.05) is 24.8 Å². The minimum Gasteiger partial charge on any atom is -0.320 e. The summed E-state index contributed by atoms with van der Waals surface area (Å²) < 4.78 is 0. The molecule has 1 aromatic carbocycles. The minimum atomic E-state index is -0.569. The normalized spacial score (nSPS) is 21.0. The Bertz CT molecular complexity index is 631. The van der Waals surface area contributed by atoms with Crippen molar-refractivity contribution in [3.63, 3.8) is 0 Å². The van der Waals surface area contributed by atoms with E-state index in [2.05, 4.69) is 5.32 Å². The van der Waals surface area contributed by atoms with Crippen molar-refractivity contribution in [1.82, 2.24) is 14.7 Å². The number of piperazine rings is 1. The summed E-state index contributed by atoms with van der Waals surface area (Å²) in [5, 5.41) is 2.81. The number of rotatable bonds is 2. The monoisotopic (exact) mass is 316 g/mol. The second kappa shape index (κ2) is 5.91. The van der Waals surface area contributed by atoms with Crippen molar-refractivity contribution < 1.29 is 14.4 Å². The maximum atomic E-state index is 12.4. The van der Waals surface area contributed by atoms with E-state index in [0.717, 1.165) is 0 Å². The van der Waals surface area contributed by atoms with Crippen LogP contribution in [-0.2, 0) is 4.79 Å². The quantitative estimate of drug-likeness (QED) is 0.842. The lowest BCUT2D eigenvalue weighted by Crippen LogP contribution is -2.55. The summed E-state index contributed by atoms with van der Waals surface area (Å²) in [6.45, 7) is 4.65. The average Bonchev–Trinajstić information content (AvgIpc) is 2.79. The van der Waals surface area contributed by atoms with E-state index in [1.165, 1.54) is 4.90 Å². The number of para-hydroxylation sites is 1. The van der Waals surface area contributed by atoms with Crippen LogP contribution in [-0.4, -0.2) is 64.4 Å². The van der Waals surface area contributed by atoms with Crippen LogP contribution in [0.4, 0.5) is 15.3 Å². The van der Waals surface area contributed by atoms with Crippen LogP contribution in [0, 0.1) is 0 Å². The summed E-state index contributed by atoms with van der Waals surface area (Å²) >= 11 is 0. The van der Waals surface area contributed by atoms with Gasteiger partial charge in [-0.3, -0.25) is 9.69 Å². The summed E-state index contributed by atoms with van der Waals surface area (Å²) in [6, 6.07) is 7.92. The summed E-state index contributed by atoms with van der Waals surface area (Å²) in [7, 11) is 0. The zero-order valence-electron chi connectivity index (χ0n) is 13.2. The molecule has 2 fully saturated rings. The Morgan fingerprint density at radius 2 is 1.87 bits per heavy atom. The number of anilines is 1. The molecule has 2 heterocycles. The molecule has 7 heteroatoms. The highest BCUT2D eigenvalue weighted by molar-refractivity contribution is 6.05. The Labute approximate surface area is 134 Å².